The Morgan fingerprint density at radius 1 is 1.38 bits per heavy atom. The highest BCUT2D eigenvalue weighted by Gasteiger charge is 2.27. The molecule has 1 aromatic rings. The summed E-state index contributed by atoms with van der Waals surface area (Å²) in [5.41, 5.74) is 0.756. The van der Waals surface area contributed by atoms with Crippen molar-refractivity contribution in [2.45, 2.75) is 38.3 Å². The van der Waals surface area contributed by atoms with Gasteiger partial charge in [0.2, 0.25) is 0 Å². The van der Waals surface area contributed by atoms with E-state index < -0.39 is 0 Å². The Balaban J connectivity index is 2.02. The third kappa shape index (κ3) is 2.73. The number of piperidine rings is 1. The van der Waals surface area contributed by atoms with Gasteiger partial charge >= 0.3 is 0 Å². The van der Waals surface area contributed by atoms with Crippen LogP contribution in [0, 0.1) is 5.82 Å². The quantitative estimate of drug-likeness (QED) is 0.804. The summed E-state index contributed by atoms with van der Waals surface area (Å²) in [6.45, 7) is 5.35. The Morgan fingerprint density at radius 2 is 2.12 bits per heavy atom. The molecule has 1 aliphatic heterocycles. The smallest absolute Gasteiger partial charge is 0.146 e. The van der Waals surface area contributed by atoms with Crippen LogP contribution in [0.1, 0.15) is 26.7 Å². The summed E-state index contributed by atoms with van der Waals surface area (Å²) in [6, 6.07) is 7.22. The van der Waals surface area contributed by atoms with Gasteiger partial charge in [0.15, 0.2) is 0 Å². The minimum absolute atomic E-state index is 0.140. The lowest BCUT2D eigenvalue weighted by Gasteiger charge is -2.37. The number of benzene rings is 1. The van der Waals surface area contributed by atoms with Crippen LogP contribution >= 0.6 is 0 Å². The molecule has 0 aromatic heterocycles. The first-order valence-electron chi connectivity index (χ1n) is 5.83. The second kappa shape index (κ2) is 4.42. The van der Waals surface area contributed by atoms with Crippen LogP contribution in [0.2, 0.25) is 0 Å². The van der Waals surface area contributed by atoms with Crippen molar-refractivity contribution in [2.24, 2.45) is 0 Å². The van der Waals surface area contributed by atoms with E-state index in [4.69, 9.17) is 0 Å². The fourth-order valence-electron chi connectivity index (χ4n) is 2.30. The minimum Gasteiger partial charge on any atom is -0.380 e. The van der Waals surface area contributed by atoms with Crippen molar-refractivity contribution in [3.8, 4) is 0 Å². The highest BCUT2D eigenvalue weighted by molar-refractivity contribution is 5.45. The molecule has 16 heavy (non-hydrogen) atoms. The van der Waals surface area contributed by atoms with Crippen molar-refractivity contribution >= 4 is 5.69 Å². The molecule has 0 saturated carbocycles. The second-order valence-electron chi connectivity index (χ2n) is 5.12. The van der Waals surface area contributed by atoms with Gasteiger partial charge in [0, 0.05) is 11.6 Å². The molecule has 0 spiro atoms. The fraction of sp³-hybridized carbons (Fsp3) is 0.538. The van der Waals surface area contributed by atoms with Gasteiger partial charge in [-0.2, -0.15) is 0 Å². The van der Waals surface area contributed by atoms with Gasteiger partial charge in [-0.3, -0.25) is 0 Å². The van der Waals surface area contributed by atoms with E-state index in [2.05, 4.69) is 24.5 Å². The Morgan fingerprint density at radius 3 is 2.81 bits per heavy atom. The Bertz CT molecular complexity index is 363. The van der Waals surface area contributed by atoms with Gasteiger partial charge in [-0.05, 0) is 45.4 Å². The summed E-state index contributed by atoms with van der Waals surface area (Å²) < 4.78 is 13.5. The normalized spacial score (nSPS) is 24.1. The molecule has 3 heteroatoms. The number of halogens is 1. The van der Waals surface area contributed by atoms with E-state index in [-0.39, 0.29) is 11.4 Å². The van der Waals surface area contributed by atoms with Crippen molar-refractivity contribution in [1.82, 2.24) is 5.32 Å². The molecule has 0 amide bonds. The van der Waals surface area contributed by atoms with Gasteiger partial charge < -0.3 is 10.6 Å². The predicted molar refractivity (Wildman–Crippen MR) is 65.1 cm³/mol. The molecule has 0 radical (unpaired) electrons. The van der Waals surface area contributed by atoms with Gasteiger partial charge in [-0.25, -0.2) is 4.39 Å². The molecule has 2 N–H and O–H groups in total. The molecule has 2 rings (SSSR count). The zero-order valence-electron chi connectivity index (χ0n) is 9.89. The van der Waals surface area contributed by atoms with E-state index in [0.29, 0.717) is 11.7 Å². The van der Waals surface area contributed by atoms with Crippen LogP contribution in [0.3, 0.4) is 0 Å². The van der Waals surface area contributed by atoms with Crippen LogP contribution in [0.5, 0.6) is 0 Å². The lowest BCUT2D eigenvalue weighted by Crippen LogP contribution is -2.50. The maximum Gasteiger partial charge on any atom is 0.146 e. The summed E-state index contributed by atoms with van der Waals surface area (Å²) in [6.07, 6.45) is 2.05. The van der Waals surface area contributed by atoms with Crippen LogP contribution < -0.4 is 10.6 Å². The van der Waals surface area contributed by atoms with Crippen molar-refractivity contribution in [3.05, 3.63) is 30.1 Å². The Kier molecular flexibility index (Phi) is 3.15. The summed E-state index contributed by atoms with van der Waals surface area (Å²) in [7, 11) is 0. The first kappa shape index (κ1) is 11.4. The van der Waals surface area contributed by atoms with Gasteiger partial charge in [0.05, 0.1) is 5.69 Å². The number of anilines is 1. The number of hydrogen-bond acceptors (Lipinski definition) is 2. The monoisotopic (exact) mass is 222 g/mol. The number of rotatable bonds is 2. The van der Waals surface area contributed by atoms with Crippen molar-refractivity contribution in [1.29, 1.82) is 0 Å². The molecular formula is C13H19FN2. The molecule has 1 saturated heterocycles. The van der Waals surface area contributed by atoms with E-state index in [1.807, 2.05) is 6.07 Å². The molecule has 1 unspecified atom stereocenters. The summed E-state index contributed by atoms with van der Waals surface area (Å²) >= 11 is 0. The zero-order chi connectivity index (χ0) is 11.6. The van der Waals surface area contributed by atoms with E-state index in [1.54, 1.807) is 12.1 Å². The molecular weight excluding hydrogens is 203 g/mol. The van der Waals surface area contributed by atoms with Crippen LogP contribution in [-0.2, 0) is 0 Å². The SMILES string of the molecule is CC1(C)CC(Nc2ccccc2F)CCN1. The Hall–Kier alpha value is -1.09. The van der Waals surface area contributed by atoms with E-state index in [1.165, 1.54) is 6.07 Å². The van der Waals surface area contributed by atoms with Crippen LogP contribution in [0.15, 0.2) is 24.3 Å². The van der Waals surface area contributed by atoms with Gasteiger partial charge in [-0.1, -0.05) is 12.1 Å². The fourth-order valence-corrected chi connectivity index (χ4v) is 2.30. The van der Waals surface area contributed by atoms with E-state index in [0.717, 1.165) is 19.4 Å². The lowest BCUT2D eigenvalue weighted by atomic mass is 9.89. The Labute approximate surface area is 96.2 Å². The minimum atomic E-state index is -0.168. The molecule has 1 aromatic carbocycles. The predicted octanol–water partition coefficient (Wildman–Crippen LogP) is 2.77. The van der Waals surface area contributed by atoms with Gasteiger partial charge in [0.25, 0.3) is 0 Å². The molecule has 0 bridgehead atoms. The molecule has 1 aliphatic rings. The second-order valence-corrected chi connectivity index (χ2v) is 5.12. The maximum absolute atomic E-state index is 13.5. The number of nitrogens with one attached hydrogen (secondary N) is 2. The third-order valence-corrected chi connectivity index (χ3v) is 3.09. The first-order chi connectivity index (χ1) is 7.57. The largest absolute Gasteiger partial charge is 0.380 e. The maximum atomic E-state index is 13.5. The zero-order valence-corrected chi connectivity index (χ0v) is 9.89. The highest BCUT2D eigenvalue weighted by atomic mass is 19.1. The van der Waals surface area contributed by atoms with Gasteiger partial charge in [-0.15, -0.1) is 0 Å². The molecule has 0 aliphatic carbocycles. The summed E-state index contributed by atoms with van der Waals surface area (Å²) in [5.74, 6) is -0.168. The van der Waals surface area contributed by atoms with Crippen molar-refractivity contribution < 1.29 is 4.39 Å². The summed E-state index contributed by atoms with van der Waals surface area (Å²) in [4.78, 5) is 0. The molecule has 1 fully saturated rings. The van der Waals surface area contributed by atoms with E-state index in [9.17, 15) is 4.39 Å². The van der Waals surface area contributed by atoms with Crippen LogP contribution in [0.25, 0.3) is 0 Å². The third-order valence-electron chi connectivity index (χ3n) is 3.09. The average Bonchev–Trinajstić information content (AvgIpc) is 2.20. The van der Waals surface area contributed by atoms with Crippen LogP contribution in [-0.4, -0.2) is 18.1 Å². The van der Waals surface area contributed by atoms with Crippen molar-refractivity contribution in [2.75, 3.05) is 11.9 Å². The van der Waals surface area contributed by atoms with Gasteiger partial charge in [0.1, 0.15) is 5.82 Å². The topological polar surface area (TPSA) is 24.1 Å². The molecule has 1 atom stereocenters. The summed E-state index contributed by atoms with van der Waals surface area (Å²) in [5, 5.41) is 6.74. The standard InChI is InChI=1S/C13H19FN2/c1-13(2)9-10(7-8-15-13)16-12-6-4-3-5-11(12)14/h3-6,10,15-16H,7-9H2,1-2H3. The number of hydrogen-bond donors (Lipinski definition) is 2. The lowest BCUT2D eigenvalue weighted by molar-refractivity contribution is 0.286. The highest BCUT2D eigenvalue weighted by Crippen LogP contribution is 2.23. The average molecular weight is 222 g/mol. The van der Waals surface area contributed by atoms with Crippen molar-refractivity contribution in [3.63, 3.8) is 0 Å². The molecule has 2 nitrogen and oxygen atoms in total. The van der Waals surface area contributed by atoms with Crippen LogP contribution in [0.4, 0.5) is 10.1 Å². The first-order valence-corrected chi connectivity index (χ1v) is 5.83. The van der Waals surface area contributed by atoms with E-state index >= 15 is 0 Å². The number of para-hydroxylation sites is 1. The molecule has 88 valence electrons. The molecule has 1 heterocycles.